The minimum absolute atomic E-state index is 0.278. The van der Waals surface area contributed by atoms with E-state index in [-0.39, 0.29) is 17.1 Å². The number of rotatable bonds is 2. The van der Waals surface area contributed by atoms with E-state index in [9.17, 15) is 4.39 Å². The molecule has 1 saturated carbocycles. The van der Waals surface area contributed by atoms with Gasteiger partial charge in [-0.05, 0) is 30.5 Å². The second kappa shape index (κ2) is 3.81. The van der Waals surface area contributed by atoms with Crippen LogP contribution in [-0.4, -0.2) is 7.11 Å². The summed E-state index contributed by atoms with van der Waals surface area (Å²) in [4.78, 5) is 0. The van der Waals surface area contributed by atoms with Gasteiger partial charge in [0.25, 0.3) is 0 Å². The second-order valence-electron chi connectivity index (χ2n) is 4.21. The lowest BCUT2D eigenvalue weighted by Crippen LogP contribution is -2.33. The summed E-state index contributed by atoms with van der Waals surface area (Å²) in [6.07, 6.45) is 4.14. The predicted octanol–water partition coefficient (Wildman–Crippen LogP) is 2.56. The molecule has 1 aliphatic rings. The summed E-state index contributed by atoms with van der Waals surface area (Å²) in [6.45, 7) is 0. The first-order valence-electron chi connectivity index (χ1n) is 5.29. The van der Waals surface area contributed by atoms with Crippen molar-refractivity contribution in [1.29, 1.82) is 0 Å². The number of ether oxygens (including phenoxy) is 1. The van der Waals surface area contributed by atoms with Crippen LogP contribution in [0.25, 0.3) is 0 Å². The quantitative estimate of drug-likeness (QED) is 0.812. The lowest BCUT2D eigenvalue weighted by atomic mass is 9.89. The Bertz CT molecular complexity index is 359. The monoisotopic (exact) mass is 209 g/mol. The van der Waals surface area contributed by atoms with Crippen molar-refractivity contribution < 1.29 is 9.13 Å². The lowest BCUT2D eigenvalue weighted by molar-refractivity contribution is 0.383. The Labute approximate surface area is 89.2 Å². The number of halogens is 1. The summed E-state index contributed by atoms with van der Waals surface area (Å²) >= 11 is 0. The molecule has 2 N–H and O–H groups in total. The van der Waals surface area contributed by atoms with Gasteiger partial charge in [0.2, 0.25) is 0 Å². The molecule has 15 heavy (non-hydrogen) atoms. The maximum Gasteiger partial charge on any atom is 0.165 e. The average Bonchev–Trinajstić information content (AvgIpc) is 2.66. The number of methoxy groups -OCH3 is 1. The zero-order valence-electron chi connectivity index (χ0n) is 8.92. The van der Waals surface area contributed by atoms with E-state index in [1.165, 1.54) is 13.2 Å². The molecular formula is C12H16FNO. The fourth-order valence-corrected chi connectivity index (χ4v) is 2.27. The van der Waals surface area contributed by atoms with Crippen LogP contribution in [0.3, 0.4) is 0 Å². The van der Waals surface area contributed by atoms with Gasteiger partial charge in [0, 0.05) is 5.54 Å². The molecule has 0 saturated heterocycles. The summed E-state index contributed by atoms with van der Waals surface area (Å²) in [6, 6.07) is 5.02. The molecule has 0 amide bonds. The standard InChI is InChI=1S/C12H16FNO/c1-15-11-5-4-9(8-10(11)13)12(14)6-2-3-7-12/h4-5,8H,2-3,6-7,14H2,1H3. The molecule has 0 heterocycles. The Morgan fingerprint density at radius 1 is 1.33 bits per heavy atom. The van der Waals surface area contributed by atoms with Crippen molar-refractivity contribution in [3.63, 3.8) is 0 Å². The molecule has 82 valence electrons. The molecule has 0 aliphatic heterocycles. The first kappa shape index (κ1) is 10.4. The summed E-state index contributed by atoms with van der Waals surface area (Å²) in [5, 5.41) is 0. The molecule has 3 heteroatoms. The maximum absolute atomic E-state index is 13.5. The molecule has 1 aromatic carbocycles. The Hall–Kier alpha value is -1.09. The van der Waals surface area contributed by atoms with Gasteiger partial charge < -0.3 is 10.5 Å². The van der Waals surface area contributed by atoms with Crippen molar-refractivity contribution in [3.05, 3.63) is 29.6 Å². The molecule has 0 unspecified atom stereocenters. The summed E-state index contributed by atoms with van der Waals surface area (Å²) in [5.74, 6) is -0.0490. The average molecular weight is 209 g/mol. The van der Waals surface area contributed by atoms with Gasteiger partial charge >= 0.3 is 0 Å². The number of hydrogen-bond acceptors (Lipinski definition) is 2. The molecular weight excluding hydrogens is 193 g/mol. The van der Waals surface area contributed by atoms with Crippen molar-refractivity contribution in [3.8, 4) is 5.75 Å². The zero-order chi connectivity index (χ0) is 10.9. The van der Waals surface area contributed by atoms with E-state index in [4.69, 9.17) is 10.5 Å². The zero-order valence-corrected chi connectivity index (χ0v) is 8.92. The molecule has 2 rings (SSSR count). The third-order valence-corrected chi connectivity index (χ3v) is 3.22. The van der Waals surface area contributed by atoms with E-state index in [0.717, 1.165) is 31.2 Å². The Morgan fingerprint density at radius 2 is 2.00 bits per heavy atom. The largest absolute Gasteiger partial charge is 0.494 e. The van der Waals surface area contributed by atoms with Gasteiger partial charge in [0.1, 0.15) is 0 Å². The molecule has 0 bridgehead atoms. The fraction of sp³-hybridized carbons (Fsp3) is 0.500. The highest BCUT2D eigenvalue weighted by Gasteiger charge is 2.31. The second-order valence-corrected chi connectivity index (χ2v) is 4.21. The van der Waals surface area contributed by atoms with E-state index < -0.39 is 0 Å². The van der Waals surface area contributed by atoms with Crippen molar-refractivity contribution in [1.82, 2.24) is 0 Å². The topological polar surface area (TPSA) is 35.2 Å². The third kappa shape index (κ3) is 1.84. The first-order chi connectivity index (χ1) is 7.15. The van der Waals surface area contributed by atoms with Crippen molar-refractivity contribution in [2.45, 2.75) is 31.2 Å². The summed E-state index contributed by atoms with van der Waals surface area (Å²) < 4.78 is 18.4. The normalized spacial score (nSPS) is 19.1. The minimum atomic E-state index is -0.327. The Kier molecular flexibility index (Phi) is 2.65. The van der Waals surface area contributed by atoms with Crippen LogP contribution in [0.5, 0.6) is 5.75 Å². The van der Waals surface area contributed by atoms with Gasteiger partial charge in [-0.2, -0.15) is 0 Å². The number of nitrogens with two attached hydrogens (primary N) is 1. The minimum Gasteiger partial charge on any atom is -0.494 e. The van der Waals surface area contributed by atoms with Crippen LogP contribution in [0.15, 0.2) is 18.2 Å². The molecule has 0 aromatic heterocycles. The first-order valence-corrected chi connectivity index (χ1v) is 5.29. The molecule has 1 aromatic rings. The molecule has 0 radical (unpaired) electrons. The van der Waals surface area contributed by atoms with Crippen LogP contribution in [0.4, 0.5) is 4.39 Å². The summed E-state index contributed by atoms with van der Waals surface area (Å²) in [7, 11) is 1.46. The van der Waals surface area contributed by atoms with Gasteiger partial charge in [-0.15, -0.1) is 0 Å². The van der Waals surface area contributed by atoms with Crippen molar-refractivity contribution >= 4 is 0 Å². The maximum atomic E-state index is 13.5. The lowest BCUT2D eigenvalue weighted by Gasteiger charge is -2.24. The molecule has 0 atom stereocenters. The predicted molar refractivity (Wildman–Crippen MR) is 57.3 cm³/mol. The van der Waals surface area contributed by atoms with Crippen LogP contribution in [0, 0.1) is 5.82 Å². The molecule has 0 spiro atoms. The summed E-state index contributed by atoms with van der Waals surface area (Å²) in [5.41, 5.74) is 6.79. The van der Waals surface area contributed by atoms with Crippen molar-refractivity contribution in [2.24, 2.45) is 5.73 Å². The van der Waals surface area contributed by atoms with Gasteiger partial charge in [-0.25, -0.2) is 4.39 Å². The SMILES string of the molecule is COc1ccc(C2(N)CCCC2)cc1F. The fourth-order valence-electron chi connectivity index (χ4n) is 2.27. The van der Waals surface area contributed by atoms with E-state index in [1.807, 2.05) is 6.07 Å². The van der Waals surface area contributed by atoms with Crippen LogP contribution in [0.2, 0.25) is 0 Å². The van der Waals surface area contributed by atoms with E-state index >= 15 is 0 Å². The van der Waals surface area contributed by atoms with Gasteiger partial charge in [0.05, 0.1) is 7.11 Å². The van der Waals surface area contributed by atoms with Gasteiger partial charge in [-0.3, -0.25) is 0 Å². The van der Waals surface area contributed by atoms with Crippen LogP contribution >= 0.6 is 0 Å². The van der Waals surface area contributed by atoms with E-state index in [1.54, 1.807) is 6.07 Å². The molecule has 1 aliphatic carbocycles. The van der Waals surface area contributed by atoms with E-state index in [2.05, 4.69) is 0 Å². The molecule has 2 nitrogen and oxygen atoms in total. The highest BCUT2D eigenvalue weighted by Crippen LogP contribution is 2.37. The highest BCUT2D eigenvalue weighted by molar-refractivity contribution is 5.33. The van der Waals surface area contributed by atoms with Crippen LogP contribution in [-0.2, 0) is 5.54 Å². The van der Waals surface area contributed by atoms with Crippen molar-refractivity contribution in [2.75, 3.05) is 7.11 Å². The number of benzene rings is 1. The molecule has 1 fully saturated rings. The van der Waals surface area contributed by atoms with E-state index in [0.29, 0.717) is 0 Å². The third-order valence-electron chi connectivity index (χ3n) is 3.22. The number of hydrogen-bond donors (Lipinski definition) is 1. The van der Waals surface area contributed by atoms with Gasteiger partial charge in [0.15, 0.2) is 11.6 Å². The Morgan fingerprint density at radius 3 is 2.53 bits per heavy atom. The highest BCUT2D eigenvalue weighted by atomic mass is 19.1. The van der Waals surface area contributed by atoms with Gasteiger partial charge in [-0.1, -0.05) is 18.9 Å². The van der Waals surface area contributed by atoms with Crippen LogP contribution < -0.4 is 10.5 Å². The Balaban J connectivity index is 2.33. The smallest absolute Gasteiger partial charge is 0.165 e. The van der Waals surface area contributed by atoms with Crippen LogP contribution in [0.1, 0.15) is 31.2 Å².